The van der Waals surface area contributed by atoms with Gasteiger partial charge in [0.05, 0.1) is 19.3 Å². The molecule has 0 aromatic heterocycles. The Bertz CT molecular complexity index is 159. The summed E-state index contributed by atoms with van der Waals surface area (Å²) in [6.45, 7) is 9.41. The number of hydrogen-bond donors (Lipinski definition) is 1. The molecule has 0 aromatic carbocycles. The van der Waals surface area contributed by atoms with Gasteiger partial charge in [-0.15, -0.1) is 0 Å². The van der Waals surface area contributed by atoms with E-state index < -0.39 is 0 Å². The maximum atomic E-state index is 9.00. The number of hydrogen-bond acceptors (Lipinski definition) is 3. The highest BCUT2D eigenvalue weighted by Gasteiger charge is 2.29. The van der Waals surface area contributed by atoms with Gasteiger partial charge in [0.1, 0.15) is 0 Å². The molecule has 0 radical (unpaired) electrons. The van der Waals surface area contributed by atoms with Gasteiger partial charge in [-0.05, 0) is 20.3 Å². The van der Waals surface area contributed by atoms with Crippen molar-refractivity contribution in [3.8, 4) is 0 Å². The summed E-state index contributed by atoms with van der Waals surface area (Å²) in [7, 11) is 0. The molecule has 0 aliphatic carbocycles. The predicted molar refractivity (Wildman–Crippen MR) is 52.8 cm³/mol. The van der Waals surface area contributed by atoms with Gasteiger partial charge in [-0.1, -0.05) is 6.92 Å². The summed E-state index contributed by atoms with van der Waals surface area (Å²) in [6, 6.07) is 0. The van der Waals surface area contributed by atoms with Crippen LogP contribution in [0.5, 0.6) is 0 Å². The third-order valence-corrected chi connectivity index (χ3v) is 3.06. The Morgan fingerprint density at radius 3 is 2.77 bits per heavy atom. The number of morpholine rings is 1. The molecule has 3 heteroatoms. The SMILES string of the molecule is CCC(C)(C)N1CCO[C@H](CO)C1. The zero-order valence-corrected chi connectivity index (χ0v) is 8.92. The van der Waals surface area contributed by atoms with E-state index in [4.69, 9.17) is 9.84 Å². The summed E-state index contributed by atoms with van der Waals surface area (Å²) < 4.78 is 5.41. The van der Waals surface area contributed by atoms with E-state index in [1.165, 1.54) is 0 Å². The molecule has 0 bridgehead atoms. The van der Waals surface area contributed by atoms with Crippen LogP contribution in [0.25, 0.3) is 0 Å². The fraction of sp³-hybridized carbons (Fsp3) is 1.00. The van der Waals surface area contributed by atoms with Crippen LogP contribution in [-0.4, -0.2) is 48.0 Å². The molecule has 1 heterocycles. The second-order valence-corrected chi connectivity index (χ2v) is 4.29. The van der Waals surface area contributed by atoms with Crippen molar-refractivity contribution in [3.63, 3.8) is 0 Å². The van der Waals surface area contributed by atoms with E-state index in [2.05, 4.69) is 25.7 Å². The molecule has 78 valence electrons. The van der Waals surface area contributed by atoms with Crippen LogP contribution in [0.1, 0.15) is 27.2 Å². The zero-order valence-electron chi connectivity index (χ0n) is 8.92. The summed E-state index contributed by atoms with van der Waals surface area (Å²) >= 11 is 0. The lowest BCUT2D eigenvalue weighted by atomic mass is 9.98. The molecular weight excluding hydrogens is 166 g/mol. The van der Waals surface area contributed by atoms with Crippen molar-refractivity contribution in [1.29, 1.82) is 0 Å². The average molecular weight is 187 g/mol. The van der Waals surface area contributed by atoms with Crippen molar-refractivity contribution in [1.82, 2.24) is 4.90 Å². The number of ether oxygens (including phenoxy) is 1. The van der Waals surface area contributed by atoms with Crippen LogP contribution in [0.15, 0.2) is 0 Å². The Morgan fingerprint density at radius 2 is 2.23 bits per heavy atom. The van der Waals surface area contributed by atoms with Gasteiger partial charge in [0.25, 0.3) is 0 Å². The van der Waals surface area contributed by atoms with Crippen molar-refractivity contribution in [2.24, 2.45) is 0 Å². The molecule has 1 N–H and O–H groups in total. The normalized spacial score (nSPS) is 26.3. The summed E-state index contributed by atoms with van der Waals surface area (Å²) in [5, 5.41) is 9.00. The highest BCUT2D eigenvalue weighted by Crippen LogP contribution is 2.21. The van der Waals surface area contributed by atoms with Gasteiger partial charge >= 0.3 is 0 Å². The van der Waals surface area contributed by atoms with Gasteiger partial charge in [0, 0.05) is 18.6 Å². The van der Waals surface area contributed by atoms with Crippen LogP contribution in [0.3, 0.4) is 0 Å². The van der Waals surface area contributed by atoms with E-state index in [0.29, 0.717) is 0 Å². The lowest BCUT2D eigenvalue weighted by Gasteiger charge is -2.42. The molecule has 1 atom stereocenters. The molecular formula is C10H21NO2. The van der Waals surface area contributed by atoms with Gasteiger partial charge < -0.3 is 9.84 Å². The van der Waals surface area contributed by atoms with Gasteiger partial charge in [-0.2, -0.15) is 0 Å². The quantitative estimate of drug-likeness (QED) is 0.711. The molecule has 0 saturated carbocycles. The maximum Gasteiger partial charge on any atom is 0.0933 e. The highest BCUT2D eigenvalue weighted by atomic mass is 16.5. The van der Waals surface area contributed by atoms with E-state index in [1.54, 1.807) is 0 Å². The number of aliphatic hydroxyl groups is 1. The molecule has 1 aliphatic heterocycles. The minimum atomic E-state index is 0.0135. The van der Waals surface area contributed by atoms with E-state index in [9.17, 15) is 0 Å². The van der Waals surface area contributed by atoms with Crippen molar-refractivity contribution in [3.05, 3.63) is 0 Å². The highest BCUT2D eigenvalue weighted by molar-refractivity contribution is 4.84. The van der Waals surface area contributed by atoms with E-state index >= 15 is 0 Å². The Balaban J connectivity index is 2.50. The fourth-order valence-electron chi connectivity index (χ4n) is 1.60. The van der Waals surface area contributed by atoms with E-state index in [0.717, 1.165) is 26.1 Å². The topological polar surface area (TPSA) is 32.7 Å². The fourth-order valence-corrected chi connectivity index (χ4v) is 1.60. The standard InChI is InChI=1S/C10H21NO2/c1-4-10(2,3)11-5-6-13-9(7-11)8-12/h9,12H,4-8H2,1-3H3/t9-/m0/s1. The lowest BCUT2D eigenvalue weighted by molar-refractivity contribution is -0.0806. The zero-order chi connectivity index (χ0) is 9.90. The second kappa shape index (κ2) is 4.40. The van der Waals surface area contributed by atoms with Crippen LogP contribution in [-0.2, 0) is 4.74 Å². The summed E-state index contributed by atoms with van der Waals surface area (Å²) in [5.41, 5.74) is 0.233. The molecule has 1 rings (SSSR count). The first-order valence-electron chi connectivity index (χ1n) is 5.07. The van der Waals surface area contributed by atoms with E-state index in [1.807, 2.05) is 0 Å². The minimum Gasteiger partial charge on any atom is -0.394 e. The van der Waals surface area contributed by atoms with Gasteiger partial charge in [-0.25, -0.2) is 0 Å². The Hall–Kier alpha value is -0.120. The molecule has 0 spiro atoms. The lowest BCUT2D eigenvalue weighted by Crippen LogP contribution is -2.53. The second-order valence-electron chi connectivity index (χ2n) is 4.29. The molecule has 1 fully saturated rings. The van der Waals surface area contributed by atoms with Gasteiger partial charge in [-0.3, -0.25) is 4.90 Å². The van der Waals surface area contributed by atoms with Crippen LogP contribution >= 0.6 is 0 Å². The average Bonchev–Trinajstić information content (AvgIpc) is 2.18. The Morgan fingerprint density at radius 1 is 1.54 bits per heavy atom. The molecule has 13 heavy (non-hydrogen) atoms. The van der Waals surface area contributed by atoms with Gasteiger partial charge in [0.15, 0.2) is 0 Å². The van der Waals surface area contributed by atoms with Crippen molar-refractivity contribution in [2.45, 2.75) is 38.8 Å². The molecule has 0 aromatic rings. The maximum absolute atomic E-state index is 9.00. The Kier molecular flexibility index (Phi) is 3.71. The van der Waals surface area contributed by atoms with Crippen LogP contribution in [0.2, 0.25) is 0 Å². The van der Waals surface area contributed by atoms with Crippen molar-refractivity contribution >= 4 is 0 Å². The molecule has 0 amide bonds. The van der Waals surface area contributed by atoms with Crippen molar-refractivity contribution in [2.75, 3.05) is 26.3 Å². The van der Waals surface area contributed by atoms with Crippen LogP contribution in [0, 0.1) is 0 Å². The molecule has 0 unspecified atom stereocenters. The summed E-state index contributed by atoms with van der Waals surface area (Å²) in [5.74, 6) is 0. The first-order chi connectivity index (χ1) is 6.10. The minimum absolute atomic E-state index is 0.0135. The number of aliphatic hydroxyl groups excluding tert-OH is 1. The third kappa shape index (κ3) is 2.66. The molecule has 3 nitrogen and oxygen atoms in total. The summed E-state index contributed by atoms with van der Waals surface area (Å²) in [4.78, 5) is 2.40. The third-order valence-electron chi connectivity index (χ3n) is 3.06. The molecule has 1 aliphatic rings. The van der Waals surface area contributed by atoms with Crippen LogP contribution in [0.4, 0.5) is 0 Å². The van der Waals surface area contributed by atoms with Crippen molar-refractivity contribution < 1.29 is 9.84 Å². The van der Waals surface area contributed by atoms with Crippen LogP contribution < -0.4 is 0 Å². The first-order valence-corrected chi connectivity index (χ1v) is 5.07. The van der Waals surface area contributed by atoms with E-state index in [-0.39, 0.29) is 18.2 Å². The number of nitrogens with zero attached hydrogens (tertiary/aromatic N) is 1. The first kappa shape index (κ1) is 11.0. The molecule has 1 saturated heterocycles. The Labute approximate surface area is 80.7 Å². The monoisotopic (exact) mass is 187 g/mol. The largest absolute Gasteiger partial charge is 0.394 e. The smallest absolute Gasteiger partial charge is 0.0933 e. The summed E-state index contributed by atoms with van der Waals surface area (Å²) in [6.07, 6.45) is 1.14. The van der Waals surface area contributed by atoms with Gasteiger partial charge in [0.2, 0.25) is 0 Å². The number of rotatable bonds is 3. The predicted octanol–water partition coefficient (Wildman–Crippen LogP) is 0.868.